The Balaban J connectivity index is 1.36. The molecule has 0 bridgehead atoms. The van der Waals surface area contributed by atoms with Gasteiger partial charge >= 0.3 is 0 Å². The number of aromatic nitrogens is 2. The number of hydrogen-bond acceptors (Lipinski definition) is 4. The molecule has 0 aliphatic carbocycles. The number of nitrogens with zero attached hydrogens (tertiary/aromatic N) is 1. The molecule has 0 fully saturated rings. The minimum atomic E-state index is -0.196. The summed E-state index contributed by atoms with van der Waals surface area (Å²) in [4.78, 5) is 31.2. The van der Waals surface area contributed by atoms with Crippen molar-refractivity contribution in [2.75, 3.05) is 10.6 Å². The predicted molar refractivity (Wildman–Crippen MR) is 124 cm³/mol. The van der Waals surface area contributed by atoms with Gasteiger partial charge in [-0.3, -0.25) is 9.59 Å². The molecule has 6 heteroatoms. The summed E-state index contributed by atoms with van der Waals surface area (Å²) in [5.41, 5.74) is 3.29. The van der Waals surface area contributed by atoms with Crippen molar-refractivity contribution < 1.29 is 4.79 Å². The van der Waals surface area contributed by atoms with Crippen LogP contribution in [0.1, 0.15) is 10.4 Å². The maximum absolute atomic E-state index is 12.8. The van der Waals surface area contributed by atoms with Crippen molar-refractivity contribution >= 4 is 44.8 Å². The molecule has 0 spiro atoms. The Bertz CT molecular complexity index is 1470. The Morgan fingerprint density at radius 2 is 1.58 bits per heavy atom. The topological polar surface area (TPSA) is 86.9 Å². The summed E-state index contributed by atoms with van der Waals surface area (Å²) in [6.07, 6.45) is 1.63. The van der Waals surface area contributed by atoms with Gasteiger partial charge in [0.15, 0.2) is 0 Å². The average Bonchev–Trinajstić information content (AvgIpc) is 2.80. The van der Waals surface area contributed by atoms with E-state index >= 15 is 0 Å². The van der Waals surface area contributed by atoms with Gasteiger partial charge in [0.1, 0.15) is 5.65 Å². The van der Waals surface area contributed by atoms with Crippen LogP contribution in [-0.2, 0) is 0 Å². The van der Waals surface area contributed by atoms with Crippen LogP contribution in [0, 0.1) is 0 Å². The number of anilines is 3. The van der Waals surface area contributed by atoms with Crippen molar-refractivity contribution in [2.45, 2.75) is 0 Å². The molecule has 31 heavy (non-hydrogen) atoms. The number of H-pyrrole nitrogens is 1. The fourth-order valence-corrected chi connectivity index (χ4v) is 3.56. The first kappa shape index (κ1) is 18.6. The number of carbonyl (C=O) groups is 1. The summed E-state index contributed by atoms with van der Waals surface area (Å²) < 4.78 is 0. The molecule has 0 radical (unpaired) electrons. The summed E-state index contributed by atoms with van der Waals surface area (Å²) in [6, 6.07) is 26.0. The highest BCUT2D eigenvalue weighted by atomic mass is 16.1. The van der Waals surface area contributed by atoms with Crippen LogP contribution < -0.4 is 16.2 Å². The lowest BCUT2D eigenvalue weighted by Crippen LogP contribution is -2.12. The number of nitrogens with one attached hydrogen (secondary N) is 3. The van der Waals surface area contributed by atoms with Crippen LogP contribution in [0.25, 0.3) is 21.8 Å². The van der Waals surface area contributed by atoms with E-state index in [0.29, 0.717) is 11.2 Å². The molecule has 1 amide bonds. The zero-order valence-electron chi connectivity index (χ0n) is 16.4. The molecule has 0 aliphatic rings. The molecular formula is C25H18N4O2. The van der Waals surface area contributed by atoms with E-state index in [4.69, 9.17) is 0 Å². The second kappa shape index (κ2) is 7.76. The summed E-state index contributed by atoms with van der Waals surface area (Å²) >= 11 is 0. The molecule has 2 aromatic heterocycles. The van der Waals surface area contributed by atoms with Crippen LogP contribution in [0.5, 0.6) is 0 Å². The molecule has 150 valence electrons. The van der Waals surface area contributed by atoms with E-state index in [0.717, 1.165) is 33.2 Å². The Morgan fingerprint density at radius 3 is 2.45 bits per heavy atom. The van der Waals surface area contributed by atoms with Crippen molar-refractivity contribution in [3.8, 4) is 0 Å². The quantitative estimate of drug-likeness (QED) is 0.389. The third-order valence-corrected chi connectivity index (χ3v) is 5.10. The third-order valence-electron chi connectivity index (χ3n) is 5.10. The van der Waals surface area contributed by atoms with Gasteiger partial charge in [0, 0.05) is 40.0 Å². The Morgan fingerprint density at radius 1 is 0.774 bits per heavy atom. The number of benzene rings is 3. The Kier molecular flexibility index (Phi) is 4.65. The lowest BCUT2D eigenvalue weighted by Gasteiger charge is -2.11. The molecule has 0 aliphatic heterocycles. The van der Waals surface area contributed by atoms with E-state index in [-0.39, 0.29) is 11.5 Å². The molecule has 3 N–H and O–H groups in total. The van der Waals surface area contributed by atoms with Crippen LogP contribution in [0.15, 0.2) is 95.9 Å². The first-order chi connectivity index (χ1) is 15.2. The highest BCUT2D eigenvalue weighted by molar-refractivity contribution is 6.09. The fraction of sp³-hybridized carbons (Fsp3) is 0. The van der Waals surface area contributed by atoms with Crippen LogP contribution >= 0.6 is 0 Å². The van der Waals surface area contributed by atoms with E-state index in [9.17, 15) is 9.59 Å². The Hall–Kier alpha value is -4.45. The largest absolute Gasteiger partial charge is 0.355 e. The number of fused-ring (bicyclic) bond motifs is 2. The second-order valence-corrected chi connectivity index (χ2v) is 7.13. The maximum Gasteiger partial charge on any atom is 0.255 e. The van der Waals surface area contributed by atoms with Crippen molar-refractivity contribution in [1.29, 1.82) is 0 Å². The number of rotatable bonds is 4. The molecule has 3 aromatic carbocycles. The fourth-order valence-electron chi connectivity index (χ4n) is 3.56. The lowest BCUT2D eigenvalue weighted by atomic mass is 10.1. The molecule has 2 heterocycles. The number of aromatic amines is 1. The smallest absolute Gasteiger partial charge is 0.255 e. The molecule has 0 unspecified atom stereocenters. The molecule has 5 aromatic rings. The molecule has 0 saturated carbocycles. The van der Waals surface area contributed by atoms with Crippen LogP contribution in [0.2, 0.25) is 0 Å². The van der Waals surface area contributed by atoms with Gasteiger partial charge in [0.25, 0.3) is 5.91 Å². The normalized spacial score (nSPS) is 10.8. The first-order valence-corrected chi connectivity index (χ1v) is 9.82. The van der Waals surface area contributed by atoms with Crippen LogP contribution in [0.3, 0.4) is 0 Å². The van der Waals surface area contributed by atoms with Crippen LogP contribution in [0.4, 0.5) is 17.1 Å². The number of carbonyl (C=O) groups excluding carboxylic acids is 1. The van der Waals surface area contributed by atoms with E-state index in [1.54, 1.807) is 24.4 Å². The number of amides is 1. The lowest BCUT2D eigenvalue weighted by molar-refractivity contribution is 0.102. The molecule has 0 atom stereocenters. The third kappa shape index (κ3) is 3.74. The zero-order chi connectivity index (χ0) is 21.2. The van der Waals surface area contributed by atoms with E-state index < -0.39 is 0 Å². The van der Waals surface area contributed by atoms with Gasteiger partial charge < -0.3 is 15.6 Å². The van der Waals surface area contributed by atoms with E-state index in [1.807, 2.05) is 60.7 Å². The van der Waals surface area contributed by atoms with E-state index in [2.05, 4.69) is 20.6 Å². The summed E-state index contributed by atoms with van der Waals surface area (Å²) in [5.74, 6) is -0.171. The minimum absolute atomic E-state index is 0.171. The van der Waals surface area contributed by atoms with Gasteiger partial charge in [0.2, 0.25) is 5.56 Å². The van der Waals surface area contributed by atoms with Gasteiger partial charge in [-0.05, 0) is 47.9 Å². The van der Waals surface area contributed by atoms with Gasteiger partial charge in [-0.1, -0.05) is 36.4 Å². The highest BCUT2D eigenvalue weighted by Gasteiger charge is 2.09. The number of pyridine rings is 2. The Labute approximate surface area is 177 Å². The van der Waals surface area contributed by atoms with Crippen LogP contribution in [-0.4, -0.2) is 15.9 Å². The van der Waals surface area contributed by atoms with Gasteiger partial charge in [-0.15, -0.1) is 0 Å². The highest BCUT2D eigenvalue weighted by Crippen LogP contribution is 2.25. The van der Waals surface area contributed by atoms with Gasteiger partial charge in [0.05, 0.1) is 5.69 Å². The maximum atomic E-state index is 12.8. The molecular weight excluding hydrogens is 388 g/mol. The van der Waals surface area contributed by atoms with E-state index in [1.165, 1.54) is 6.07 Å². The summed E-state index contributed by atoms with van der Waals surface area (Å²) in [5, 5.41) is 9.19. The van der Waals surface area contributed by atoms with Crippen molar-refractivity contribution in [1.82, 2.24) is 9.97 Å². The van der Waals surface area contributed by atoms with Gasteiger partial charge in [-0.25, -0.2) is 4.98 Å². The van der Waals surface area contributed by atoms with Crippen molar-refractivity contribution in [3.63, 3.8) is 0 Å². The molecule has 6 nitrogen and oxygen atoms in total. The first-order valence-electron chi connectivity index (χ1n) is 9.82. The summed E-state index contributed by atoms with van der Waals surface area (Å²) in [7, 11) is 0. The van der Waals surface area contributed by atoms with Gasteiger partial charge in [-0.2, -0.15) is 0 Å². The monoisotopic (exact) mass is 406 g/mol. The predicted octanol–water partition coefficient (Wildman–Crippen LogP) is 5.07. The second-order valence-electron chi connectivity index (χ2n) is 7.13. The van der Waals surface area contributed by atoms with Crippen molar-refractivity contribution in [2.24, 2.45) is 0 Å². The average molecular weight is 406 g/mol. The minimum Gasteiger partial charge on any atom is -0.355 e. The SMILES string of the molecule is O=C(Nc1cccc2ccccc12)c1ccc(Nc2ccnc3[nH]c(=O)ccc23)cc1. The summed E-state index contributed by atoms with van der Waals surface area (Å²) in [6.45, 7) is 0. The molecule has 5 rings (SSSR count). The molecule has 0 saturated heterocycles. The number of hydrogen-bond donors (Lipinski definition) is 3. The van der Waals surface area contributed by atoms with Crippen molar-refractivity contribution in [3.05, 3.63) is 107 Å². The standard InChI is InChI=1S/C25H18N4O2/c30-23-13-12-20-22(14-15-26-24(20)29-23)27-18-10-8-17(9-11-18)25(31)28-21-7-3-5-16-4-1-2-6-19(16)21/h1-15H,(H,28,31)(H2,26,27,29,30). The zero-order valence-corrected chi connectivity index (χ0v) is 16.4.